The van der Waals surface area contributed by atoms with E-state index in [4.69, 9.17) is 14.2 Å². The Kier molecular flexibility index (Phi) is 10.9. The Bertz CT molecular complexity index is 547. The molecule has 0 unspecified atom stereocenters. The highest BCUT2D eigenvalue weighted by atomic mass is 16.5. The average molecular weight is 378 g/mol. The fourth-order valence-corrected chi connectivity index (χ4v) is 2.60. The number of hydrogen-bond donors (Lipinski definition) is 2. The summed E-state index contributed by atoms with van der Waals surface area (Å²) in [6.45, 7) is 7.92. The minimum absolute atomic E-state index is 0.606. The van der Waals surface area contributed by atoms with Gasteiger partial charge in [0.05, 0.1) is 19.8 Å². The Hall–Kier alpha value is -1.63. The first kappa shape index (κ1) is 21.7. The summed E-state index contributed by atoms with van der Waals surface area (Å²) in [4.78, 5) is 4.27. The Labute approximate surface area is 163 Å². The highest BCUT2D eigenvalue weighted by Gasteiger charge is 2.20. The molecule has 0 spiro atoms. The highest BCUT2D eigenvalue weighted by molar-refractivity contribution is 5.79. The van der Waals surface area contributed by atoms with Crippen molar-refractivity contribution in [3.63, 3.8) is 0 Å². The first-order chi connectivity index (χ1) is 13.3. The second-order valence-corrected chi connectivity index (χ2v) is 6.79. The van der Waals surface area contributed by atoms with Gasteiger partial charge < -0.3 is 24.8 Å². The SMILES string of the molecule is CCOCCOCc1cccc(CNC(=NC)NCCCOCC2CC2)c1. The van der Waals surface area contributed by atoms with Gasteiger partial charge in [-0.05, 0) is 43.2 Å². The third-order valence-corrected chi connectivity index (χ3v) is 4.33. The Morgan fingerprint density at radius 3 is 2.67 bits per heavy atom. The summed E-state index contributed by atoms with van der Waals surface area (Å²) >= 11 is 0. The number of aliphatic imine (C=N–C) groups is 1. The zero-order chi connectivity index (χ0) is 19.2. The van der Waals surface area contributed by atoms with Crippen molar-refractivity contribution in [3.05, 3.63) is 35.4 Å². The van der Waals surface area contributed by atoms with Crippen molar-refractivity contribution in [2.45, 2.75) is 39.3 Å². The van der Waals surface area contributed by atoms with Crippen LogP contribution in [0.1, 0.15) is 37.3 Å². The molecule has 0 radical (unpaired) electrons. The summed E-state index contributed by atoms with van der Waals surface area (Å²) in [6, 6.07) is 8.41. The van der Waals surface area contributed by atoms with E-state index in [2.05, 4.69) is 39.9 Å². The van der Waals surface area contributed by atoms with Crippen molar-refractivity contribution in [2.75, 3.05) is 46.6 Å². The number of nitrogens with one attached hydrogen (secondary N) is 2. The topological polar surface area (TPSA) is 64.1 Å². The second kappa shape index (κ2) is 13.5. The Morgan fingerprint density at radius 1 is 1.07 bits per heavy atom. The van der Waals surface area contributed by atoms with E-state index in [0.717, 1.165) is 51.2 Å². The minimum Gasteiger partial charge on any atom is -0.381 e. The third-order valence-electron chi connectivity index (χ3n) is 4.33. The van der Waals surface area contributed by atoms with E-state index in [9.17, 15) is 0 Å². The van der Waals surface area contributed by atoms with Gasteiger partial charge in [-0.15, -0.1) is 0 Å². The lowest BCUT2D eigenvalue weighted by Gasteiger charge is -2.13. The van der Waals surface area contributed by atoms with Crippen LogP contribution in [-0.4, -0.2) is 52.6 Å². The quantitative estimate of drug-likeness (QED) is 0.296. The molecule has 0 amide bonds. The van der Waals surface area contributed by atoms with Gasteiger partial charge in [-0.3, -0.25) is 4.99 Å². The molecule has 0 bridgehead atoms. The van der Waals surface area contributed by atoms with E-state index in [0.29, 0.717) is 19.8 Å². The van der Waals surface area contributed by atoms with Crippen LogP contribution in [0.2, 0.25) is 0 Å². The van der Waals surface area contributed by atoms with Crippen LogP contribution in [0.25, 0.3) is 0 Å². The molecule has 1 aromatic rings. The largest absolute Gasteiger partial charge is 0.381 e. The molecule has 0 heterocycles. The third kappa shape index (κ3) is 10.3. The van der Waals surface area contributed by atoms with E-state index >= 15 is 0 Å². The summed E-state index contributed by atoms with van der Waals surface area (Å²) in [5, 5.41) is 6.69. The van der Waals surface area contributed by atoms with E-state index in [-0.39, 0.29) is 0 Å². The number of ether oxygens (including phenoxy) is 3. The van der Waals surface area contributed by atoms with Gasteiger partial charge in [0.25, 0.3) is 0 Å². The molecule has 2 rings (SSSR count). The molecule has 152 valence electrons. The van der Waals surface area contributed by atoms with Crippen molar-refractivity contribution in [1.82, 2.24) is 10.6 Å². The number of nitrogens with zero attached hydrogens (tertiary/aromatic N) is 1. The molecule has 0 saturated heterocycles. The van der Waals surface area contributed by atoms with Crippen LogP contribution in [0.5, 0.6) is 0 Å². The molecule has 27 heavy (non-hydrogen) atoms. The Morgan fingerprint density at radius 2 is 1.89 bits per heavy atom. The predicted molar refractivity (Wildman–Crippen MR) is 109 cm³/mol. The summed E-state index contributed by atoms with van der Waals surface area (Å²) in [7, 11) is 1.79. The summed E-state index contributed by atoms with van der Waals surface area (Å²) in [5.41, 5.74) is 2.37. The molecular formula is C21H35N3O3. The highest BCUT2D eigenvalue weighted by Crippen LogP contribution is 2.28. The molecule has 6 nitrogen and oxygen atoms in total. The molecule has 1 saturated carbocycles. The van der Waals surface area contributed by atoms with E-state index in [1.807, 2.05) is 6.92 Å². The maximum atomic E-state index is 5.65. The molecule has 0 aromatic heterocycles. The fraction of sp³-hybridized carbons (Fsp3) is 0.667. The van der Waals surface area contributed by atoms with Gasteiger partial charge in [0, 0.05) is 40.0 Å². The van der Waals surface area contributed by atoms with Crippen molar-refractivity contribution in [3.8, 4) is 0 Å². The van der Waals surface area contributed by atoms with Gasteiger partial charge in [0.2, 0.25) is 0 Å². The normalized spacial score (nSPS) is 14.4. The van der Waals surface area contributed by atoms with Crippen LogP contribution in [0, 0.1) is 5.92 Å². The number of guanidine groups is 1. The molecule has 1 aliphatic carbocycles. The number of benzene rings is 1. The molecular weight excluding hydrogens is 342 g/mol. The Balaban J connectivity index is 1.59. The van der Waals surface area contributed by atoms with Crippen molar-refractivity contribution in [2.24, 2.45) is 10.9 Å². The summed E-state index contributed by atoms with van der Waals surface area (Å²) in [5.74, 6) is 1.65. The predicted octanol–water partition coefficient (Wildman–Crippen LogP) is 2.72. The van der Waals surface area contributed by atoms with Gasteiger partial charge >= 0.3 is 0 Å². The molecule has 0 atom stereocenters. The van der Waals surface area contributed by atoms with Crippen LogP contribution in [-0.2, 0) is 27.4 Å². The monoisotopic (exact) mass is 377 g/mol. The average Bonchev–Trinajstić information content (AvgIpc) is 3.51. The van der Waals surface area contributed by atoms with Crippen molar-refractivity contribution < 1.29 is 14.2 Å². The molecule has 1 fully saturated rings. The maximum Gasteiger partial charge on any atom is 0.191 e. The van der Waals surface area contributed by atoms with Gasteiger partial charge in [-0.25, -0.2) is 0 Å². The van der Waals surface area contributed by atoms with Crippen molar-refractivity contribution in [1.29, 1.82) is 0 Å². The molecule has 2 N–H and O–H groups in total. The minimum atomic E-state index is 0.606. The lowest BCUT2D eigenvalue weighted by Crippen LogP contribution is -2.37. The van der Waals surface area contributed by atoms with E-state index < -0.39 is 0 Å². The maximum absolute atomic E-state index is 5.65. The van der Waals surface area contributed by atoms with E-state index in [1.54, 1.807) is 7.05 Å². The van der Waals surface area contributed by atoms with Crippen LogP contribution >= 0.6 is 0 Å². The molecule has 6 heteroatoms. The fourth-order valence-electron chi connectivity index (χ4n) is 2.60. The number of hydrogen-bond acceptors (Lipinski definition) is 4. The standard InChI is InChI=1S/C21H35N3O3/c1-3-25-12-13-27-17-20-7-4-6-19(14-20)15-24-21(22-2)23-10-5-11-26-16-18-8-9-18/h4,6-7,14,18H,3,5,8-13,15-17H2,1-2H3,(H2,22,23,24). The van der Waals surface area contributed by atoms with Gasteiger partial charge in [0.1, 0.15) is 0 Å². The van der Waals surface area contributed by atoms with Gasteiger partial charge in [0.15, 0.2) is 5.96 Å². The molecule has 0 aliphatic heterocycles. The van der Waals surface area contributed by atoms with Crippen LogP contribution in [0.3, 0.4) is 0 Å². The van der Waals surface area contributed by atoms with Crippen LogP contribution < -0.4 is 10.6 Å². The number of rotatable bonds is 14. The van der Waals surface area contributed by atoms with Crippen LogP contribution in [0.4, 0.5) is 0 Å². The second-order valence-electron chi connectivity index (χ2n) is 6.79. The summed E-state index contributed by atoms with van der Waals surface area (Å²) < 4.78 is 16.6. The van der Waals surface area contributed by atoms with Crippen molar-refractivity contribution >= 4 is 5.96 Å². The molecule has 1 aromatic carbocycles. The molecule has 1 aliphatic rings. The summed E-state index contributed by atoms with van der Waals surface area (Å²) in [6.07, 6.45) is 3.67. The first-order valence-electron chi connectivity index (χ1n) is 10.1. The first-order valence-corrected chi connectivity index (χ1v) is 10.1. The van der Waals surface area contributed by atoms with Crippen LogP contribution in [0.15, 0.2) is 29.3 Å². The lowest BCUT2D eigenvalue weighted by molar-refractivity contribution is 0.0453. The smallest absolute Gasteiger partial charge is 0.191 e. The lowest BCUT2D eigenvalue weighted by atomic mass is 10.1. The van der Waals surface area contributed by atoms with Gasteiger partial charge in [-0.1, -0.05) is 24.3 Å². The van der Waals surface area contributed by atoms with Gasteiger partial charge in [-0.2, -0.15) is 0 Å². The zero-order valence-corrected chi connectivity index (χ0v) is 16.8. The zero-order valence-electron chi connectivity index (χ0n) is 16.8. The van der Waals surface area contributed by atoms with E-state index in [1.165, 1.54) is 24.0 Å².